The second-order valence-corrected chi connectivity index (χ2v) is 7.15. The summed E-state index contributed by atoms with van der Waals surface area (Å²) < 4.78 is 0. The fourth-order valence-electron chi connectivity index (χ4n) is 3.91. The molecule has 2 aliphatic carbocycles. The van der Waals surface area contributed by atoms with Crippen molar-refractivity contribution in [2.24, 2.45) is 29.4 Å². The first-order chi connectivity index (χ1) is 11.0. The minimum atomic E-state index is -0.0831. The molecule has 124 valence electrons. The molecule has 2 aliphatic rings. The van der Waals surface area contributed by atoms with Crippen LogP contribution in [0.3, 0.4) is 0 Å². The number of carbonyl (C=O) groups is 2. The van der Waals surface area contributed by atoms with Gasteiger partial charge in [-0.25, -0.2) is 0 Å². The number of carbonyl (C=O) groups excluding carboxylic acids is 2. The van der Waals surface area contributed by atoms with Gasteiger partial charge < -0.3 is 16.4 Å². The van der Waals surface area contributed by atoms with Crippen LogP contribution in [0, 0.1) is 23.7 Å². The maximum absolute atomic E-state index is 12.6. The van der Waals surface area contributed by atoms with Crippen LogP contribution >= 0.6 is 0 Å². The molecule has 0 saturated heterocycles. The summed E-state index contributed by atoms with van der Waals surface area (Å²) in [4.78, 5) is 24.3. The lowest BCUT2D eigenvalue weighted by molar-refractivity contribution is -0.122. The lowest BCUT2D eigenvalue weighted by Crippen LogP contribution is -2.42. The average Bonchev–Trinajstić information content (AvgIpc) is 3.08. The van der Waals surface area contributed by atoms with E-state index < -0.39 is 0 Å². The van der Waals surface area contributed by atoms with Gasteiger partial charge in [-0.05, 0) is 49.3 Å². The molecule has 0 radical (unpaired) electrons. The second kappa shape index (κ2) is 6.32. The van der Waals surface area contributed by atoms with Crippen LogP contribution in [-0.2, 0) is 9.59 Å². The molecule has 2 saturated carbocycles. The number of benzene rings is 1. The Balaban J connectivity index is 1.66. The van der Waals surface area contributed by atoms with Crippen LogP contribution in [0.4, 0.5) is 11.4 Å². The molecular formula is C18H25N3O2. The Kier molecular flexibility index (Phi) is 4.39. The van der Waals surface area contributed by atoms with Gasteiger partial charge in [0, 0.05) is 23.3 Å². The summed E-state index contributed by atoms with van der Waals surface area (Å²) in [7, 11) is 0. The Hall–Kier alpha value is -1.88. The molecule has 5 heteroatoms. The highest BCUT2D eigenvalue weighted by atomic mass is 16.2. The molecule has 3 rings (SSSR count). The highest BCUT2D eigenvalue weighted by Crippen LogP contribution is 2.47. The second-order valence-electron chi connectivity index (χ2n) is 7.15. The summed E-state index contributed by atoms with van der Waals surface area (Å²) in [5.74, 6) is 0.745. The van der Waals surface area contributed by atoms with Gasteiger partial charge in [0.15, 0.2) is 0 Å². The Labute approximate surface area is 137 Å². The number of hydrogen-bond acceptors (Lipinski definition) is 3. The van der Waals surface area contributed by atoms with Gasteiger partial charge >= 0.3 is 0 Å². The molecule has 4 atom stereocenters. The van der Waals surface area contributed by atoms with E-state index in [0.29, 0.717) is 23.2 Å². The van der Waals surface area contributed by atoms with Crippen LogP contribution in [0.25, 0.3) is 0 Å². The summed E-state index contributed by atoms with van der Waals surface area (Å²) in [6.45, 7) is 3.69. The topological polar surface area (TPSA) is 84.2 Å². The summed E-state index contributed by atoms with van der Waals surface area (Å²) in [6, 6.07) is 7.25. The quantitative estimate of drug-likeness (QED) is 0.798. The molecule has 23 heavy (non-hydrogen) atoms. The molecule has 2 amide bonds. The van der Waals surface area contributed by atoms with Crippen LogP contribution in [0.5, 0.6) is 0 Å². The number of hydrogen-bond donors (Lipinski definition) is 3. The number of rotatable bonds is 4. The predicted octanol–water partition coefficient (Wildman–Crippen LogP) is 2.59. The average molecular weight is 315 g/mol. The van der Waals surface area contributed by atoms with Crippen molar-refractivity contribution < 1.29 is 9.59 Å². The van der Waals surface area contributed by atoms with Crippen molar-refractivity contribution in [3.8, 4) is 0 Å². The summed E-state index contributed by atoms with van der Waals surface area (Å²) in [5.41, 5.74) is 7.62. The van der Waals surface area contributed by atoms with Crippen LogP contribution in [0.2, 0.25) is 0 Å². The fourth-order valence-corrected chi connectivity index (χ4v) is 3.91. The lowest BCUT2D eigenvalue weighted by atomic mass is 9.84. The van der Waals surface area contributed by atoms with E-state index in [0.717, 1.165) is 19.3 Å². The molecule has 0 spiro atoms. The lowest BCUT2D eigenvalue weighted by Gasteiger charge is -2.27. The molecule has 5 nitrogen and oxygen atoms in total. The van der Waals surface area contributed by atoms with Gasteiger partial charge in [-0.15, -0.1) is 0 Å². The SMILES string of the molecule is CC(C)C(=O)Nc1cccc(NC(=O)C2C3CCC(C3)C2N)c1. The van der Waals surface area contributed by atoms with E-state index in [4.69, 9.17) is 5.73 Å². The third kappa shape index (κ3) is 3.24. The number of amides is 2. The van der Waals surface area contributed by atoms with Crippen molar-refractivity contribution in [3.63, 3.8) is 0 Å². The maximum Gasteiger partial charge on any atom is 0.229 e. The molecule has 4 N–H and O–H groups in total. The molecule has 2 fully saturated rings. The van der Waals surface area contributed by atoms with Gasteiger partial charge in [-0.3, -0.25) is 9.59 Å². The maximum atomic E-state index is 12.6. The van der Waals surface area contributed by atoms with Gasteiger partial charge in [-0.2, -0.15) is 0 Å². The van der Waals surface area contributed by atoms with Gasteiger partial charge in [-0.1, -0.05) is 19.9 Å². The van der Waals surface area contributed by atoms with Gasteiger partial charge in [0.25, 0.3) is 0 Å². The standard InChI is InChI=1S/C18H25N3O2/c1-10(2)17(22)20-13-4-3-5-14(9-13)21-18(23)15-11-6-7-12(8-11)16(15)19/h3-5,9-12,15-16H,6-8,19H2,1-2H3,(H,20,22)(H,21,23). The normalized spacial score (nSPS) is 28.9. The Morgan fingerprint density at radius 1 is 1.13 bits per heavy atom. The first-order valence-electron chi connectivity index (χ1n) is 8.43. The van der Waals surface area contributed by atoms with Gasteiger partial charge in [0.1, 0.15) is 0 Å². The first kappa shape index (κ1) is 16.0. The van der Waals surface area contributed by atoms with Crippen molar-refractivity contribution in [2.75, 3.05) is 10.6 Å². The van der Waals surface area contributed by atoms with Crippen LogP contribution in [0.1, 0.15) is 33.1 Å². The van der Waals surface area contributed by atoms with Crippen LogP contribution < -0.4 is 16.4 Å². The molecule has 4 unspecified atom stereocenters. The van der Waals surface area contributed by atoms with E-state index in [-0.39, 0.29) is 29.7 Å². The van der Waals surface area contributed by atoms with E-state index in [9.17, 15) is 9.59 Å². The minimum absolute atomic E-state index is 0.0111. The summed E-state index contributed by atoms with van der Waals surface area (Å²) in [5, 5.41) is 5.82. The molecule has 0 heterocycles. The van der Waals surface area contributed by atoms with E-state index in [1.54, 1.807) is 6.07 Å². The molecule has 1 aromatic rings. The van der Waals surface area contributed by atoms with Crippen molar-refractivity contribution in [1.82, 2.24) is 0 Å². The highest BCUT2D eigenvalue weighted by molar-refractivity contribution is 5.96. The molecular weight excluding hydrogens is 290 g/mol. The minimum Gasteiger partial charge on any atom is -0.327 e. The first-order valence-corrected chi connectivity index (χ1v) is 8.43. The third-order valence-corrected chi connectivity index (χ3v) is 5.21. The Bertz CT molecular complexity index is 612. The number of fused-ring (bicyclic) bond motifs is 2. The zero-order valence-corrected chi connectivity index (χ0v) is 13.7. The van der Waals surface area contributed by atoms with Crippen molar-refractivity contribution in [1.29, 1.82) is 0 Å². The van der Waals surface area contributed by atoms with Gasteiger partial charge in [0.05, 0.1) is 5.92 Å². The van der Waals surface area contributed by atoms with Crippen molar-refractivity contribution >= 4 is 23.2 Å². The Morgan fingerprint density at radius 3 is 2.39 bits per heavy atom. The highest BCUT2D eigenvalue weighted by Gasteiger charge is 2.49. The van der Waals surface area contributed by atoms with Gasteiger partial charge in [0.2, 0.25) is 11.8 Å². The molecule has 0 aliphatic heterocycles. The smallest absolute Gasteiger partial charge is 0.229 e. The molecule has 0 aromatic heterocycles. The summed E-state index contributed by atoms with van der Waals surface area (Å²) >= 11 is 0. The monoisotopic (exact) mass is 315 g/mol. The van der Waals surface area contributed by atoms with E-state index in [1.165, 1.54) is 0 Å². The number of nitrogens with two attached hydrogens (primary N) is 1. The molecule has 1 aromatic carbocycles. The fraction of sp³-hybridized carbons (Fsp3) is 0.556. The molecule has 2 bridgehead atoms. The zero-order chi connectivity index (χ0) is 16.6. The zero-order valence-electron chi connectivity index (χ0n) is 13.7. The van der Waals surface area contributed by atoms with E-state index in [1.807, 2.05) is 32.0 Å². The van der Waals surface area contributed by atoms with E-state index >= 15 is 0 Å². The third-order valence-electron chi connectivity index (χ3n) is 5.21. The van der Waals surface area contributed by atoms with Crippen LogP contribution in [-0.4, -0.2) is 17.9 Å². The summed E-state index contributed by atoms with van der Waals surface area (Å²) in [6.07, 6.45) is 3.36. The number of nitrogens with one attached hydrogen (secondary N) is 2. The van der Waals surface area contributed by atoms with E-state index in [2.05, 4.69) is 10.6 Å². The van der Waals surface area contributed by atoms with Crippen LogP contribution in [0.15, 0.2) is 24.3 Å². The largest absolute Gasteiger partial charge is 0.327 e. The predicted molar refractivity (Wildman–Crippen MR) is 90.8 cm³/mol. The van der Waals surface area contributed by atoms with Crippen molar-refractivity contribution in [2.45, 2.75) is 39.2 Å². The number of anilines is 2. The Morgan fingerprint density at radius 2 is 1.78 bits per heavy atom. The van der Waals surface area contributed by atoms with Crippen molar-refractivity contribution in [3.05, 3.63) is 24.3 Å².